The molecule has 2 N–H and O–H groups in total. The first kappa shape index (κ1) is 24.3. The molecule has 6 nitrogen and oxygen atoms in total. The molecular formula is C24H38IN5O. The maximum absolute atomic E-state index is 12.0. The lowest BCUT2D eigenvalue weighted by molar-refractivity contribution is -0.128. The van der Waals surface area contributed by atoms with E-state index in [9.17, 15) is 4.79 Å². The summed E-state index contributed by atoms with van der Waals surface area (Å²) < 4.78 is 0. The first-order valence-electron chi connectivity index (χ1n) is 11.9. The molecule has 0 bridgehead atoms. The first-order chi connectivity index (χ1) is 14.7. The van der Waals surface area contributed by atoms with Crippen LogP contribution in [-0.4, -0.2) is 59.9 Å². The number of benzene rings is 1. The van der Waals surface area contributed by atoms with Crippen LogP contribution < -0.4 is 10.6 Å². The van der Waals surface area contributed by atoms with E-state index in [0.29, 0.717) is 25.6 Å². The van der Waals surface area contributed by atoms with Crippen molar-refractivity contribution in [2.75, 3.05) is 26.2 Å². The largest absolute Gasteiger partial charge is 0.357 e. The maximum Gasteiger partial charge on any atom is 0.222 e. The molecule has 3 fully saturated rings. The Morgan fingerprint density at radius 2 is 1.87 bits per heavy atom. The molecular weight excluding hydrogens is 501 g/mol. The predicted octanol–water partition coefficient (Wildman–Crippen LogP) is 3.50. The van der Waals surface area contributed by atoms with Crippen LogP contribution in [0.2, 0.25) is 0 Å². The number of halogens is 1. The first-order valence-corrected chi connectivity index (χ1v) is 11.9. The summed E-state index contributed by atoms with van der Waals surface area (Å²) in [6.45, 7) is 7.51. The number of amides is 1. The summed E-state index contributed by atoms with van der Waals surface area (Å²) in [5, 5.41) is 7.09. The lowest BCUT2D eigenvalue weighted by atomic mass is 10.1. The number of nitrogens with zero attached hydrogens (tertiary/aromatic N) is 3. The Bertz CT molecular complexity index is 749. The highest BCUT2D eigenvalue weighted by Gasteiger charge is 2.30. The summed E-state index contributed by atoms with van der Waals surface area (Å²) in [7, 11) is 0. The number of nitrogens with one attached hydrogen (secondary N) is 2. The number of hydrogen-bond acceptors (Lipinski definition) is 3. The second kappa shape index (κ2) is 12.0. The van der Waals surface area contributed by atoms with Gasteiger partial charge in [-0.2, -0.15) is 0 Å². The van der Waals surface area contributed by atoms with Gasteiger partial charge in [0.15, 0.2) is 5.96 Å². The minimum atomic E-state index is 0. The number of carbonyl (C=O) groups is 1. The molecule has 0 aromatic heterocycles. The molecule has 4 rings (SSSR count). The SMILES string of the molecule is CCNC(=NCc1ccccc1CN1CCCC1=O)NC1CCN(C2CCCC2)C1.I. The van der Waals surface area contributed by atoms with Gasteiger partial charge in [0, 0.05) is 51.2 Å². The van der Waals surface area contributed by atoms with E-state index in [4.69, 9.17) is 4.99 Å². The summed E-state index contributed by atoms with van der Waals surface area (Å²) >= 11 is 0. The smallest absolute Gasteiger partial charge is 0.222 e. The third-order valence-electron chi connectivity index (χ3n) is 6.80. The van der Waals surface area contributed by atoms with Crippen molar-refractivity contribution in [2.45, 2.75) is 77.0 Å². The molecule has 1 unspecified atom stereocenters. The van der Waals surface area contributed by atoms with E-state index in [0.717, 1.165) is 38.1 Å². The zero-order valence-corrected chi connectivity index (χ0v) is 21.1. The van der Waals surface area contributed by atoms with Crippen LogP contribution in [0.25, 0.3) is 0 Å². The van der Waals surface area contributed by atoms with Crippen molar-refractivity contribution in [3.05, 3.63) is 35.4 Å². The Morgan fingerprint density at radius 1 is 1.10 bits per heavy atom. The molecule has 0 spiro atoms. The molecule has 172 valence electrons. The molecule has 1 amide bonds. The van der Waals surface area contributed by atoms with Gasteiger partial charge in [-0.15, -0.1) is 24.0 Å². The molecule has 7 heteroatoms. The average molecular weight is 540 g/mol. The number of aliphatic imine (C=N–C) groups is 1. The molecule has 2 aliphatic heterocycles. The highest BCUT2D eigenvalue weighted by Crippen LogP contribution is 2.26. The summed E-state index contributed by atoms with van der Waals surface area (Å²) in [5.41, 5.74) is 2.41. The normalized spacial score (nSPS) is 22.7. The molecule has 2 heterocycles. The van der Waals surface area contributed by atoms with Crippen LogP contribution in [0.3, 0.4) is 0 Å². The lowest BCUT2D eigenvalue weighted by Gasteiger charge is -2.24. The molecule has 1 saturated carbocycles. The lowest BCUT2D eigenvalue weighted by Crippen LogP contribution is -2.45. The summed E-state index contributed by atoms with van der Waals surface area (Å²) in [6.07, 6.45) is 8.39. The zero-order chi connectivity index (χ0) is 20.8. The van der Waals surface area contributed by atoms with Crippen molar-refractivity contribution in [1.29, 1.82) is 0 Å². The third-order valence-corrected chi connectivity index (χ3v) is 6.80. The van der Waals surface area contributed by atoms with Crippen LogP contribution in [0.4, 0.5) is 0 Å². The Balaban J connectivity index is 0.00000272. The van der Waals surface area contributed by atoms with Crippen LogP contribution in [-0.2, 0) is 17.9 Å². The topological polar surface area (TPSA) is 60.0 Å². The zero-order valence-electron chi connectivity index (χ0n) is 18.8. The highest BCUT2D eigenvalue weighted by atomic mass is 127. The molecule has 3 aliphatic rings. The number of rotatable bonds is 7. The van der Waals surface area contributed by atoms with Gasteiger partial charge in [-0.05, 0) is 43.7 Å². The van der Waals surface area contributed by atoms with Gasteiger partial charge in [-0.1, -0.05) is 37.1 Å². The standard InChI is InChI=1S/C24H37N5O.HI/c1-2-25-24(27-21-13-15-28(18-21)22-10-5-6-11-22)26-16-19-8-3-4-9-20(19)17-29-14-7-12-23(29)30;/h3-4,8-9,21-22H,2,5-7,10-18H2,1H3,(H2,25,26,27);1H. The van der Waals surface area contributed by atoms with Gasteiger partial charge in [0.25, 0.3) is 0 Å². The number of hydrogen-bond donors (Lipinski definition) is 2. The Kier molecular flexibility index (Phi) is 9.44. The van der Waals surface area contributed by atoms with Gasteiger partial charge < -0.3 is 15.5 Å². The monoisotopic (exact) mass is 539 g/mol. The number of guanidine groups is 1. The minimum Gasteiger partial charge on any atom is -0.357 e. The second-order valence-electron chi connectivity index (χ2n) is 8.95. The van der Waals surface area contributed by atoms with E-state index in [1.54, 1.807) is 0 Å². The minimum absolute atomic E-state index is 0. The van der Waals surface area contributed by atoms with E-state index in [1.807, 2.05) is 4.90 Å². The van der Waals surface area contributed by atoms with Crippen molar-refractivity contribution in [2.24, 2.45) is 4.99 Å². The molecule has 0 radical (unpaired) electrons. The van der Waals surface area contributed by atoms with Gasteiger partial charge in [-0.25, -0.2) is 4.99 Å². The molecule has 31 heavy (non-hydrogen) atoms. The summed E-state index contributed by atoms with van der Waals surface area (Å²) in [4.78, 5) is 21.6. The maximum atomic E-state index is 12.0. The number of carbonyl (C=O) groups excluding carboxylic acids is 1. The van der Waals surface area contributed by atoms with Crippen LogP contribution >= 0.6 is 24.0 Å². The van der Waals surface area contributed by atoms with Crippen molar-refractivity contribution in [3.63, 3.8) is 0 Å². The summed E-state index contributed by atoms with van der Waals surface area (Å²) in [6, 6.07) is 9.67. The highest BCUT2D eigenvalue weighted by molar-refractivity contribution is 14.0. The predicted molar refractivity (Wildman–Crippen MR) is 137 cm³/mol. The second-order valence-corrected chi connectivity index (χ2v) is 8.95. The van der Waals surface area contributed by atoms with Crippen molar-refractivity contribution >= 4 is 35.8 Å². The molecule has 1 aliphatic carbocycles. The fraction of sp³-hybridized carbons (Fsp3) is 0.667. The Morgan fingerprint density at radius 3 is 2.58 bits per heavy atom. The van der Waals surface area contributed by atoms with E-state index in [1.165, 1.54) is 49.8 Å². The Labute approximate surface area is 204 Å². The van der Waals surface area contributed by atoms with E-state index in [2.05, 4.69) is 46.7 Å². The quantitative estimate of drug-likeness (QED) is 0.317. The van der Waals surface area contributed by atoms with Crippen LogP contribution in [0.15, 0.2) is 29.3 Å². The fourth-order valence-electron chi connectivity index (χ4n) is 5.13. The number of likely N-dealkylation sites (tertiary alicyclic amines) is 2. The van der Waals surface area contributed by atoms with Gasteiger partial charge in [0.2, 0.25) is 5.91 Å². The van der Waals surface area contributed by atoms with Crippen LogP contribution in [0.5, 0.6) is 0 Å². The molecule has 1 atom stereocenters. The fourth-order valence-corrected chi connectivity index (χ4v) is 5.13. The van der Waals surface area contributed by atoms with Gasteiger partial charge in [0.05, 0.1) is 6.54 Å². The Hall–Kier alpha value is -1.35. The molecule has 2 saturated heterocycles. The average Bonchev–Trinajstić information content (AvgIpc) is 3.50. The van der Waals surface area contributed by atoms with Crippen LogP contribution in [0, 0.1) is 0 Å². The van der Waals surface area contributed by atoms with Crippen molar-refractivity contribution in [3.8, 4) is 0 Å². The van der Waals surface area contributed by atoms with Gasteiger partial charge in [-0.3, -0.25) is 9.69 Å². The molecule has 1 aromatic rings. The van der Waals surface area contributed by atoms with Gasteiger partial charge >= 0.3 is 0 Å². The molecule has 1 aromatic carbocycles. The van der Waals surface area contributed by atoms with Crippen molar-refractivity contribution in [1.82, 2.24) is 20.4 Å². The van der Waals surface area contributed by atoms with Crippen molar-refractivity contribution < 1.29 is 4.79 Å². The van der Waals surface area contributed by atoms with E-state index >= 15 is 0 Å². The van der Waals surface area contributed by atoms with Crippen LogP contribution in [0.1, 0.15) is 63.0 Å². The van der Waals surface area contributed by atoms with E-state index < -0.39 is 0 Å². The summed E-state index contributed by atoms with van der Waals surface area (Å²) in [5.74, 6) is 1.18. The van der Waals surface area contributed by atoms with E-state index in [-0.39, 0.29) is 29.9 Å². The van der Waals surface area contributed by atoms with Gasteiger partial charge in [0.1, 0.15) is 0 Å². The third kappa shape index (κ3) is 6.57.